The molecule has 0 amide bonds. The van der Waals surface area contributed by atoms with Crippen LogP contribution in [0.1, 0.15) is 46.9 Å². The molecule has 0 saturated heterocycles. The highest BCUT2D eigenvalue weighted by molar-refractivity contribution is 5.93. The van der Waals surface area contributed by atoms with Crippen LogP contribution in [0.3, 0.4) is 0 Å². The van der Waals surface area contributed by atoms with Crippen LogP contribution in [0.25, 0.3) is 0 Å². The molecule has 0 atom stereocenters. The van der Waals surface area contributed by atoms with E-state index in [2.05, 4.69) is 24.9 Å². The van der Waals surface area contributed by atoms with Crippen molar-refractivity contribution in [3.8, 4) is 11.5 Å². The smallest absolute Gasteiger partial charge is 0.339 e. The van der Waals surface area contributed by atoms with Crippen molar-refractivity contribution < 1.29 is 20.1 Å². The molecular weight excluding hydrogens is 284 g/mol. The highest BCUT2D eigenvalue weighted by atomic mass is 16.5. The molecule has 1 aliphatic heterocycles. The molecule has 0 aliphatic carbocycles. The van der Waals surface area contributed by atoms with Crippen molar-refractivity contribution in [3.05, 3.63) is 46.6 Å². The van der Waals surface area contributed by atoms with Gasteiger partial charge in [-0.15, -0.1) is 0 Å². The number of aromatic nitrogens is 1. The molecule has 0 radical (unpaired) electrons. The number of carboxylic acid groups (broad SMARTS) is 1. The Morgan fingerprint density at radius 3 is 2.68 bits per heavy atom. The van der Waals surface area contributed by atoms with Crippen LogP contribution in [0.4, 0.5) is 5.82 Å². The molecule has 6 heteroatoms. The van der Waals surface area contributed by atoms with E-state index in [0.29, 0.717) is 23.8 Å². The summed E-state index contributed by atoms with van der Waals surface area (Å²) in [5.74, 6) is 0.561. The van der Waals surface area contributed by atoms with E-state index in [1.165, 1.54) is 11.6 Å². The molecule has 2 heterocycles. The molecule has 0 spiro atoms. The van der Waals surface area contributed by atoms with Gasteiger partial charge >= 0.3 is 5.97 Å². The zero-order valence-electron chi connectivity index (χ0n) is 12.4. The number of carbonyl (C=O) groups is 1. The summed E-state index contributed by atoms with van der Waals surface area (Å²) in [5.41, 5.74) is 8.61. The number of rotatable bonds is 2. The zero-order chi connectivity index (χ0) is 15.1. The van der Waals surface area contributed by atoms with Crippen molar-refractivity contribution in [2.75, 3.05) is 5.73 Å². The van der Waals surface area contributed by atoms with Gasteiger partial charge in [-0.05, 0) is 17.5 Å². The number of pyridine rings is 1. The first-order valence-corrected chi connectivity index (χ1v) is 6.79. The summed E-state index contributed by atoms with van der Waals surface area (Å²) >= 11 is 0. The Hall–Kier alpha value is -2.60. The van der Waals surface area contributed by atoms with E-state index in [9.17, 15) is 4.79 Å². The van der Waals surface area contributed by atoms with Gasteiger partial charge < -0.3 is 21.1 Å². The molecule has 22 heavy (non-hydrogen) atoms. The molecule has 6 nitrogen and oxygen atoms in total. The van der Waals surface area contributed by atoms with Crippen LogP contribution in [-0.4, -0.2) is 21.5 Å². The number of benzene rings is 1. The van der Waals surface area contributed by atoms with E-state index in [0.717, 1.165) is 11.3 Å². The van der Waals surface area contributed by atoms with Gasteiger partial charge in [0.2, 0.25) is 0 Å². The summed E-state index contributed by atoms with van der Waals surface area (Å²) in [5, 5.41) is 9.08. The van der Waals surface area contributed by atoms with Crippen molar-refractivity contribution in [3.63, 3.8) is 0 Å². The second-order valence-electron chi connectivity index (χ2n) is 5.47. The van der Waals surface area contributed by atoms with Gasteiger partial charge in [0.25, 0.3) is 0 Å². The Kier molecular flexibility index (Phi) is 4.05. The molecule has 0 fully saturated rings. The Morgan fingerprint density at radius 1 is 1.32 bits per heavy atom. The average Bonchev–Trinajstić information content (AvgIpc) is 2.43. The Labute approximate surface area is 127 Å². The predicted molar refractivity (Wildman–Crippen MR) is 82.6 cm³/mol. The first-order valence-electron chi connectivity index (χ1n) is 6.79. The molecule has 0 bridgehead atoms. The van der Waals surface area contributed by atoms with E-state index in [1.54, 1.807) is 0 Å². The van der Waals surface area contributed by atoms with E-state index < -0.39 is 5.97 Å². The molecule has 1 aromatic heterocycles. The Balaban J connectivity index is 0.00000176. The highest BCUT2D eigenvalue weighted by Crippen LogP contribution is 2.38. The quantitative estimate of drug-likeness (QED) is 0.753. The summed E-state index contributed by atoms with van der Waals surface area (Å²) in [6, 6.07) is 7.49. The number of hydrogen-bond donors (Lipinski definition) is 2. The maximum Gasteiger partial charge on any atom is 0.339 e. The molecule has 1 aromatic carbocycles. The third kappa shape index (κ3) is 2.60. The lowest BCUT2D eigenvalue weighted by molar-refractivity contribution is 0.0697. The van der Waals surface area contributed by atoms with Crippen LogP contribution >= 0.6 is 0 Å². The monoisotopic (exact) mass is 302 g/mol. The van der Waals surface area contributed by atoms with Gasteiger partial charge in [0.1, 0.15) is 22.9 Å². The second-order valence-corrected chi connectivity index (χ2v) is 5.47. The van der Waals surface area contributed by atoms with Gasteiger partial charge in [-0.1, -0.05) is 26.0 Å². The Bertz CT molecular complexity index is 741. The molecule has 2 aromatic rings. The van der Waals surface area contributed by atoms with Crippen molar-refractivity contribution in [2.45, 2.75) is 26.2 Å². The van der Waals surface area contributed by atoms with Gasteiger partial charge in [0.15, 0.2) is 0 Å². The maximum absolute atomic E-state index is 11.1. The fourth-order valence-corrected chi connectivity index (χ4v) is 2.43. The number of carboxylic acids is 1. The minimum atomic E-state index is -1.10. The average molecular weight is 302 g/mol. The zero-order valence-corrected chi connectivity index (χ0v) is 12.4. The largest absolute Gasteiger partial charge is 0.478 e. The van der Waals surface area contributed by atoms with E-state index in [-0.39, 0.29) is 16.9 Å². The fraction of sp³-hybridized carbons (Fsp3) is 0.250. The summed E-state index contributed by atoms with van der Waals surface area (Å²) < 4.78 is 5.78. The molecule has 0 saturated carbocycles. The van der Waals surface area contributed by atoms with Crippen LogP contribution in [0.2, 0.25) is 0 Å². The first-order chi connectivity index (χ1) is 9.95. The van der Waals surface area contributed by atoms with E-state index >= 15 is 0 Å². The van der Waals surface area contributed by atoms with Gasteiger partial charge in [-0.2, -0.15) is 0 Å². The SMILES string of the molecule is CC(C)c1ccc2c(c1)Cc1nc(N)c(C(=O)O)cc1O2.O. The minimum absolute atomic E-state index is 0. The number of fused-ring (bicyclic) bond motifs is 2. The van der Waals surface area contributed by atoms with Crippen LogP contribution in [0.5, 0.6) is 11.5 Å². The number of anilines is 1. The van der Waals surface area contributed by atoms with Gasteiger partial charge in [0, 0.05) is 18.1 Å². The molecule has 3 rings (SSSR count). The molecule has 116 valence electrons. The van der Waals surface area contributed by atoms with Crippen molar-refractivity contribution in [2.24, 2.45) is 0 Å². The number of ether oxygens (including phenoxy) is 1. The van der Waals surface area contributed by atoms with Gasteiger partial charge in [-0.3, -0.25) is 0 Å². The predicted octanol–water partition coefficient (Wildman–Crippen LogP) is 2.36. The molecular formula is C16H18N2O4. The normalized spacial score (nSPS) is 12.0. The standard InChI is InChI=1S/C16H16N2O3.H2O/c1-8(2)9-3-4-13-10(5-9)6-12-14(21-13)7-11(16(19)20)15(17)18-12;/h3-5,7-8H,6H2,1-2H3,(H2,17,18)(H,19,20);1H2. The number of nitrogen functional groups attached to an aromatic ring is 1. The van der Waals surface area contributed by atoms with E-state index in [1.807, 2.05) is 12.1 Å². The summed E-state index contributed by atoms with van der Waals surface area (Å²) in [6.07, 6.45) is 0.593. The highest BCUT2D eigenvalue weighted by Gasteiger charge is 2.22. The first kappa shape index (κ1) is 15.8. The van der Waals surface area contributed by atoms with Crippen LogP contribution in [0, 0.1) is 0 Å². The van der Waals surface area contributed by atoms with Crippen LogP contribution < -0.4 is 10.5 Å². The third-order valence-electron chi connectivity index (χ3n) is 3.65. The number of hydrogen-bond acceptors (Lipinski definition) is 4. The molecule has 5 N–H and O–H groups in total. The van der Waals surface area contributed by atoms with E-state index in [4.69, 9.17) is 15.6 Å². The Morgan fingerprint density at radius 2 is 2.05 bits per heavy atom. The van der Waals surface area contributed by atoms with Crippen molar-refractivity contribution in [1.82, 2.24) is 4.98 Å². The van der Waals surface area contributed by atoms with Gasteiger partial charge in [0.05, 0.1) is 5.69 Å². The number of aromatic carboxylic acids is 1. The maximum atomic E-state index is 11.1. The summed E-state index contributed by atoms with van der Waals surface area (Å²) in [4.78, 5) is 15.3. The van der Waals surface area contributed by atoms with Gasteiger partial charge in [-0.25, -0.2) is 9.78 Å². The molecule has 0 unspecified atom stereocenters. The summed E-state index contributed by atoms with van der Waals surface area (Å²) in [6.45, 7) is 4.27. The van der Waals surface area contributed by atoms with Crippen molar-refractivity contribution in [1.29, 1.82) is 0 Å². The van der Waals surface area contributed by atoms with Crippen LogP contribution in [-0.2, 0) is 6.42 Å². The topological polar surface area (TPSA) is 117 Å². The molecule has 1 aliphatic rings. The lowest BCUT2D eigenvalue weighted by Crippen LogP contribution is -2.11. The second kappa shape index (κ2) is 5.65. The fourth-order valence-electron chi connectivity index (χ4n) is 2.43. The lowest BCUT2D eigenvalue weighted by Gasteiger charge is -2.21. The van der Waals surface area contributed by atoms with Crippen molar-refractivity contribution >= 4 is 11.8 Å². The summed E-state index contributed by atoms with van der Waals surface area (Å²) in [7, 11) is 0. The number of nitrogens with zero attached hydrogens (tertiary/aromatic N) is 1. The van der Waals surface area contributed by atoms with Crippen LogP contribution in [0.15, 0.2) is 24.3 Å². The minimum Gasteiger partial charge on any atom is -0.478 e. The number of nitrogens with two attached hydrogens (primary N) is 1. The third-order valence-corrected chi connectivity index (χ3v) is 3.65. The lowest BCUT2D eigenvalue weighted by atomic mass is 9.96.